The number of rotatable bonds is 8. The van der Waals surface area contributed by atoms with Gasteiger partial charge in [-0.2, -0.15) is 0 Å². The van der Waals surface area contributed by atoms with Gasteiger partial charge in [0, 0.05) is 32.3 Å². The van der Waals surface area contributed by atoms with E-state index >= 15 is 0 Å². The summed E-state index contributed by atoms with van der Waals surface area (Å²) in [6.07, 6.45) is 1.78. The molecule has 0 atom stereocenters. The predicted molar refractivity (Wildman–Crippen MR) is 126 cm³/mol. The lowest BCUT2D eigenvalue weighted by Gasteiger charge is -2.17. The highest BCUT2D eigenvalue weighted by Crippen LogP contribution is 2.31. The van der Waals surface area contributed by atoms with Crippen molar-refractivity contribution in [3.63, 3.8) is 0 Å². The highest BCUT2D eigenvalue weighted by atomic mass is 16.5. The molecule has 170 valence electrons. The smallest absolute Gasteiger partial charge is 0.254 e. The van der Waals surface area contributed by atoms with Gasteiger partial charge in [0.2, 0.25) is 5.91 Å². The Morgan fingerprint density at radius 1 is 1.15 bits per heavy atom. The van der Waals surface area contributed by atoms with Crippen LogP contribution in [0.15, 0.2) is 65.3 Å². The van der Waals surface area contributed by atoms with Gasteiger partial charge in [-0.05, 0) is 24.3 Å². The van der Waals surface area contributed by atoms with E-state index < -0.39 is 0 Å². The summed E-state index contributed by atoms with van der Waals surface area (Å²) in [7, 11) is 5.15. The third-order valence-corrected chi connectivity index (χ3v) is 5.38. The fourth-order valence-electron chi connectivity index (χ4n) is 3.75. The minimum atomic E-state index is -0.201. The van der Waals surface area contributed by atoms with Crippen LogP contribution in [0.2, 0.25) is 0 Å². The Kier molecular flexibility index (Phi) is 6.55. The number of carbonyl (C=O) groups excluding carboxylic acids is 2. The van der Waals surface area contributed by atoms with Crippen LogP contribution in [0.5, 0.6) is 0 Å². The molecule has 0 aliphatic carbocycles. The zero-order valence-corrected chi connectivity index (χ0v) is 18.9. The lowest BCUT2D eigenvalue weighted by molar-refractivity contribution is -0.117. The summed E-state index contributed by atoms with van der Waals surface area (Å²) < 4.78 is 12.3. The monoisotopic (exact) mass is 446 g/mol. The number of nitrogens with zero attached hydrogens (tertiary/aromatic N) is 3. The number of furan rings is 1. The molecule has 0 fully saturated rings. The topological polar surface area (TPSA) is 89.6 Å². The lowest BCUT2D eigenvalue weighted by Crippen LogP contribution is -2.26. The molecular formula is C25H26N4O4. The van der Waals surface area contributed by atoms with E-state index in [1.807, 2.05) is 48.0 Å². The molecule has 1 N–H and O–H groups in total. The van der Waals surface area contributed by atoms with Gasteiger partial charge in [0.15, 0.2) is 0 Å². The van der Waals surface area contributed by atoms with Crippen LogP contribution in [0.1, 0.15) is 22.5 Å². The van der Waals surface area contributed by atoms with Crippen molar-refractivity contribution < 1.29 is 18.7 Å². The number of hydrogen-bond donors (Lipinski definition) is 1. The van der Waals surface area contributed by atoms with Crippen molar-refractivity contribution in [3.05, 3.63) is 72.2 Å². The molecule has 0 spiro atoms. The Labute approximate surface area is 191 Å². The molecular weight excluding hydrogens is 420 g/mol. The number of ether oxygens (including phenoxy) is 1. The third kappa shape index (κ3) is 4.80. The van der Waals surface area contributed by atoms with Crippen molar-refractivity contribution >= 4 is 28.5 Å². The second kappa shape index (κ2) is 9.70. The van der Waals surface area contributed by atoms with Crippen molar-refractivity contribution in [2.75, 3.05) is 26.1 Å². The van der Waals surface area contributed by atoms with Crippen LogP contribution in [-0.2, 0) is 23.1 Å². The molecule has 0 radical (unpaired) electrons. The number of nitrogens with one attached hydrogen (secondary N) is 1. The molecule has 2 heterocycles. The highest BCUT2D eigenvalue weighted by molar-refractivity contribution is 6.06. The summed E-state index contributed by atoms with van der Waals surface area (Å²) in [5, 5.41) is 2.94. The van der Waals surface area contributed by atoms with E-state index in [1.54, 1.807) is 43.5 Å². The Bertz CT molecular complexity index is 1260. The van der Waals surface area contributed by atoms with E-state index in [0.29, 0.717) is 35.7 Å². The van der Waals surface area contributed by atoms with E-state index in [1.165, 1.54) is 0 Å². The maximum atomic E-state index is 13.2. The van der Waals surface area contributed by atoms with E-state index in [2.05, 4.69) is 5.32 Å². The third-order valence-electron chi connectivity index (χ3n) is 5.38. The average Bonchev–Trinajstić information content (AvgIpc) is 3.45. The van der Waals surface area contributed by atoms with Crippen LogP contribution >= 0.6 is 0 Å². The highest BCUT2D eigenvalue weighted by Gasteiger charge is 2.20. The van der Waals surface area contributed by atoms with Gasteiger partial charge in [0.1, 0.15) is 11.6 Å². The first-order chi connectivity index (χ1) is 16.0. The molecule has 0 saturated heterocycles. The maximum Gasteiger partial charge on any atom is 0.254 e. The van der Waals surface area contributed by atoms with Gasteiger partial charge in [0.05, 0.1) is 42.6 Å². The quantitative estimate of drug-likeness (QED) is 0.441. The Morgan fingerprint density at radius 2 is 1.94 bits per heavy atom. The number of aromatic nitrogens is 2. The van der Waals surface area contributed by atoms with Gasteiger partial charge >= 0.3 is 0 Å². The lowest BCUT2D eigenvalue weighted by atomic mass is 10.1. The van der Waals surface area contributed by atoms with Gasteiger partial charge in [-0.1, -0.05) is 30.3 Å². The zero-order chi connectivity index (χ0) is 23.4. The molecule has 0 aliphatic heterocycles. The standard InChI is InChI=1S/C25H26N4O4/c1-28(16-19-10-7-12-33-19)25(31)18-14-20(26-22(30)11-13-32-3)23-21(15-18)27-24(29(23)2)17-8-5-4-6-9-17/h4-10,12,14-15H,11,13,16H2,1-3H3,(H,26,30). The maximum absolute atomic E-state index is 13.2. The molecule has 0 saturated carbocycles. The van der Waals surface area contributed by atoms with Crippen LogP contribution < -0.4 is 5.32 Å². The van der Waals surface area contributed by atoms with Crippen LogP contribution in [0, 0.1) is 0 Å². The first-order valence-corrected chi connectivity index (χ1v) is 10.6. The van der Waals surface area contributed by atoms with Crippen LogP contribution in [0.4, 0.5) is 5.69 Å². The molecule has 0 unspecified atom stereocenters. The number of amides is 2. The number of imidazole rings is 1. The second-order valence-electron chi connectivity index (χ2n) is 7.78. The molecule has 2 amide bonds. The summed E-state index contributed by atoms with van der Waals surface area (Å²) in [5.41, 5.74) is 3.26. The van der Waals surface area contributed by atoms with Gasteiger partial charge < -0.3 is 23.9 Å². The minimum absolute atomic E-state index is 0.200. The molecule has 4 aromatic rings. The zero-order valence-electron chi connectivity index (χ0n) is 18.9. The Balaban J connectivity index is 1.76. The largest absolute Gasteiger partial charge is 0.467 e. The number of hydrogen-bond acceptors (Lipinski definition) is 5. The molecule has 0 aliphatic rings. The summed E-state index contributed by atoms with van der Waals surface area (Å²) in [4.78, 5) is 32.1. The first kappa shape index (κ1) is 22.3. The van der Waals surface area contributed by atoms with Crippen LogP contribution in [0.3, 0.4) is 0 Å². The summed E-state index contributed by atoms with van der Waals surface area (Å²) >= 11 is 0. The molecule has 8 nitrogen and oxygen atoms in total. The Morgan fingerprint density at radius 3 is 2.64 bits per heavy atom. The molecule has 8 heteroatoms. The van der Waals surface area contributed by atoms with Gasteiger partial charge in [-0.25, -0.2) is 4.98 Å². The normalized spacial score (nSPS) is 11.0. The number of anilines is 1. The van der Waals surface area contributed by atoms with Crippen molar-refractivity contribution in [2.24, 2.45) is 7.05 Å². The molecule has 2 aromatic carbocycles. The summed E-state index contributed by atoms with van der Waals surface area (Å²) in [5.74, 6) is 1.03. The molecule has 4 rings (SSSR count). The second-order valence-corrected chi connectivity index (χ2v) is 7.78. The SMILES string of the molecule is COCCC(=O)Nc1cc(C(=O)N(C)Cc2ccco2)cc2nc(-c3ccccc3)n(C)c12. The van der Waals surface area contributed by atoms with Crippen molar-refractivity contribution in [1.29, 1.82) is 0 Å². The minimum Gasteiger partial charge on any atom is -0.467 e. The molecule has 2 aromatic heterocycles. The number of carbonyl (C=O) groups is 2. The van der Waals surface area contributed by atoms with Gasteiger partial charge in [-0.3, -0.25) is 9.59 Å². The first-order valence-electron chi connectivity index (χ1n) is 10.6. The molecule has 33 heavy (non-hydrogen) atoms. The predicted octanol–water partition coefficient (Wildman–Crippen LogP) is 4.08. The number of methoxy groups -OCH3 is 1. The molecule has 0 bridgehead atoms. The van der Waals surface area contributed by atoms with E-state index in [-0.39, 0.29) is 18.2 Å². The number of benzene rings is 2. The van der Waals surface area contributed by atoms with Gasteiger partial charge in [0.25, 0.3) is 5.91 Å². The fraction of sp³-hybridized carbons (Fsp3) is 0.240. The van der Waals surface area contributed by atoms with Crippen molar-refractivity contribution in [2.45, 2.75) is 13.0 Å². The summed E-state index contributed by atoms with van der Waals surface area (Å²) in [6.45, 7) is 0.636. The van der Waals surface area contributed by atoms with Gasteiger partial charge in [-0.15, -0.1) is 0 Å². The van der Waals surface area contributed by atoms with Crippen LogP contribution in [-0.4, -0.2) is 47.0 Å². The average molecular weight is 447 g/mol. The van der Waals surface area contributed by atoms with Crippen molar-refractivity contribution in [3.8, 4) is 11.4 Å². The van der Waals surface area contributed by atoms with Crippen LogP contribution in [0.25, 0.3) is 22.4 Å². The summed E-state index contributed by atoms with van der Waals surface area (Å²) in [6, 6.07) is 16.8. The number of aryl methyl sites for hydroxylation is 1. The van der Waals surface area contributed by atoms with E-state index in [9.17, 15) is 9.59 Å². The Hall–Kier alpha value is -3.91. The van der Waals surface area contributed by atoms with E-state index in [0.717, 1.165) is 16.9 Å². The van der Waals surface area contributed by atoms with E-state index in [4.69, 9.17) is 14.1 Å². The number of fused-ring (bicyclic) bond motifs is 1. The van der Waals surface area contributed by atoms with Crippen molar-refractivity contribution in [1.82, 2.24) is 14.5 Å². The fourth-order valence-corrected chi connectivity index (χ4v) is 3.75.